The number of para-hydroxylation sites is 1. The van der Waals surface area contributed by atoms with Gasteiger partial charge in [0.2, 0.25) is 11.7 Å². The molecule has 0 aliphatic carbocycles. The zero-order chi connectivity index (χ0) is 19.8. The summed E-state index contributed by atoms with van der Waals surface area (Å²) in [7, 11) is 0. The number of amidine groups is 1. The first-order valence-corrected chi connectivity index (χ1v) is 9.78. The van der Waals surface area contributed by atoms with E-state index in [1.165, 1.54) is 5.56 Å². The van der Waals surface area contributed by atoms with Gasteiger partial charge in [0.25, 0.3) is 5.91 Å². The van der Waals surface area contributed by atoms with Gasteiger partial charge in [0, 0.05) is 50.7 Å². The molecule has 0 radical (unpaired) electrons. The smallest absolute Gasteiger partial charge is 0.253 e. The summed E-state index contributed by atoms with van der Waals surface area (Å²) >= 11 is 0. The Labute approximate surface area is 168 Å². The highest BCUT2D eigenvalue weighted by Gasteiger charge is 2.26. The van der Waals surface area contributed by atoms with E-state index in [1.54, 1.807) is 6.92 Å². The van der Waals surface area contributed by atoms with Crippen LogP contribution in [0.4, 0.5) is 5.69 Å². The average molecular weight is 387 g/mol. The largest absolute Gasteiger partial charge is 0.356 e. The number of aromatic nitrogens is 2. The van der Waals surface area contributed by atoms with Gasteiger partial charge in [-0.05, 0) is 23.8 Å². The summed E-state index contributed by atoms with van der Waals surface area (Å²) in [5.74, 6) is 2.14. The molecule has 2 aromatic carbocycles. The lowest BCUT2D eigenvalue weighted by Gasteiger charge is -2.36. The van der Waals surface area contributed by atoms with E-state index in [0.717, 1.165) is 36.6 Å². The molecule has 0 saturated carbocycles. The van der Waals surface area contributed by atoms with Gasteiger partial charge in [-0.25, -0.2) is 4.99 Å². The summed E-state index contributed by atoms with van der Waals surface area (Å²) in [4.78, 5) is 26.2. The number of fused-ring (bicyclic) bond motifs is 1. The predicted octanol–water partition coefficient (Wildman–Crippen LogP) is 3.09. The summed E-state index contributed by atoms with van der Waals surface area (Å²) in [5, 5.41) is 3.94. The van der Waals surface area contributed by atoms with Crippen LogP contribution in [0.15, 0.2) is 58.0 Å². The van der Waals surface area contributed by atoms with Crippen molar-refractivity contribution in [3.8, 4) is 11.4 Å². The molecule has 1 saturated heterocycles. The molecular formula is C22H21N5O2. The molecule has 0 unspecified atom stereocenters. The molecule has 2 aliphatic heterocycles. The molecule has 3 heterocycles. The SMILES string of the molecule is Cc1nc(-c2cccc(C(=O)N3CCN(C4=Nc5ccccc5C4)CC3)c2)no1. The van der Waals surface area contributed by atoms with Gasteiger partial charge >= 0.3 is 0 Å². The van der Waals surface area contributed by atoms with Crippen LogP contribution in [0.2, 0.25) is 0 Å². The normalized spacial score (nSPS) is 16.0. The molecule has 1 amide bonds. The van der Waals surface area contributed by atoms with Crippen molar-refractivity contribution in [2.45, 2.75) is 13.3 Å². The number of carbonyl (C=O) groups excluding carboxylic acids is 1. The number of carbonyl (C=O) groups is 1. The Bertz CT molecular complexity index is 1100. The van der Waals surface area contributed by atoms with Crippen molar-refractivity contribution in [3.05, 3.63) is 65.5 Å². The second-order valence-electron chi connectivity index (χ2n) is 7.33. The number of hydrogen-bond donors (Lipinski definition) is 0. The second-order valence-corrected chi connectivity index (χ2v) is 7.33. The molecule has 1 fully saturated rings. The number of aliphatic imine (C=N–C) groups is 1. The third-order valence-corrected chi connectivity index (χ3v) is 5.42. The Morgan fingerprint density at radius 3 is 2.62 bits per heavy atom. The molecule has 5 rings (SSSR count). The average Bonchev–Trinajstić information content (AvgIpc) is 3.40. The predicted molar refractivity (Wildman–Crippen MR) is 109 cm³/mol. The highest BCUT2D eigenvalue weighted by molar-refractivity contribution is 5.96. The fraction of sp³-hybridized carbons (Fsp3) is 0.273. The Morgan fingerprint density at radius 1 is 1.03 bits per heavy atom. The number of amides is 1. The minimum atomic E-state index is 0.0309. The van der Waals surface area contributed by atoms with Crippen LogP contribution in [0, 0.1) is 6.92 Å². The molecular weight excluding hydrogens is 366 g/mol. The number of benzene rings is 2. The van der Waals surface area contributed by atoms with Crippen molar-refractivity contribution in [1.29, 1.82) is 0 Å². The van der Waals surface area contributed by atoms with Gasteiger partial charge in [0.1, 0.15) is 5.84 Å². The van der Waals surface area contributed by atoms with Crippen LogP contribution < -0.4 is 0 Å². The van der Waals surface area contributed by atoms with Gasteiger partial charge in [-0.2, -0.15) is 4.98 Å². The Kier molecular flexibility index (Phi) is 4.35. The van der Waals surface area contributed by atoms with E-state index in [2.05, 4.69) is 33.2 Å². The summed E-state index contributed by atoms with van der Waals surface area (Å²) in [6, 6.07) is 15.7. The van der Waals surface area contributed by atoms with Crippen LogP contribution in [0.3, 0.4) is 0 Å². The Hall–Kier alpha value is -3.48. The van der Waals surface area contributed by atoms with Gasteiger partial charge < -0.3 is 14.3 Å². The van der Waals surface area contributed by atoms with Crippen LogP contribution >= 0.6 is 0 Å². The van der Waals surface area contributed by atoms with E-state index in [-0.39, 0.29) is 5.91 Å². The first-order valence-electron chi connectivity index (χ1n) is 9.78. The van der Waals surface area contributed by atoms with Crippen molar-refractivity contribution in [1.82, 2.24) is 19.9 Å². The number of aryl methyl sites for hydroxylation is 1. The van der Waals surface area contributed by atoms with E-state index in [1.807, 2.05) is 35.2 Å². The molecule has 7 heteroatoms. The highest BCUT2D eigenvalue weighted by Crippen LogP contribution is 2.27. The van der Waals surface area contributed by atoms with Crippen molar-refractivity contribution in [3.63, 3.8) is 0 Å². The lowest BCUT2D eigenvalue weighted by atomic mass is 10.1. The number of rotatable bonds is 2. The van der Waals surface area contributed by atoms with Gasteiger partial charge in [0.05, 0.1) is 5.69 Å². The van der Waals surface area contributed by atoms with Crippen molar-refractivity contribution >= 4 is 17.4 Å². The van der Waals surface area contributed by atoms with Crippen LogP contribution in [-0.4, -0.2) is 57.9 Å². The van der Waals surface area contributed by atoms with Crippen LogP contribution in [0.25, 0.3) is 11.4 Å². The second kappa shape index (κ2) is 7.16. The summed E-state index contributed by atoms with van der Waals surface area (Å²) in [6.07, 6.45) is 0.871. The van der Waals surface area contributed by atoms with Crippen molar-refractivity contribution < 1.29 is 9.32 Å². The van der Waals surface area contributed by atoms with Crippen LogP contribution in [0.5, 0.6) is 0 Å². The maximum absolute atomic E-state index is 13.0. The van der Waals surface area contributed by atoms with Crippen molar-refractivity contribution in [2.24, 2.45) is 4.99 Å². The molecule has 0 bridgehead atoms. The fourth-order valence-electron chi connectivity index (χ4n) is 3.86. The molecule has 29 heavy (non-hydrogen) atoms. The lowest BCUT2D eigenvalue weighted by Crippen LogP contribution is -2.50. The van der Waals surface area contributed by atoms with E-state index >= 15 is 0 Å². The maximum Gasteiger partial charge on any atom is 0.253 e. The first-order chi connectivity index (χ1) is 14.2. The van der Waals surface area contributed by atoms with Gasteiger partial charge in [-0.3, -0.25) is 4.79 Å². The van der Waals surface area contributed by atoms with E-state index in [0.29, 0.717) is 30.4 Å². The molecule has 0 spiro atoms. The van der Waals surface area contributed by atoms with Crippen molar-refractivity contribution in [2.75, 3.05) is 26.2 Å². The summed E-state index contributed by atoms with van der Waals surface area (Å²) in [6.45, 7) is 4.70. The van der Waals surface area contributed by atoms with Gasteiger partial charge in [-0.1, -0.05) is 35.5 Å². The first kappa shape index (κ1) is 17.6. The van der Waals surface area contributed by atoms with Gasteiger partial charge in [-0.15, -0.1) is 0 Å². The minimum Gasteiger partial charge on any atom is -0.356 e. The van der Waals surface area contributed by atoms with E-state index < -0.39 is 0 Å². The third kappa shape index (κ3) is 3.40. The summed E-state index contributed by atoms with van der Waals surface area (Å²) < 4.78 is 5.05. The zero-order valence-corrected chi connectivity index (χ0v) is 16.2. The van der Waals surface area contributed by atoms with E-state index in [4.69, 9.17) is 9.52 Å². The molecule has 0 atom stereocenters. The third-order valence-electron chi connectivity index (χ3n) is 5.42. The van der Waals surface area contributed by atoms with E-state index in [9.17, 15) is 4.79 Å². The molecule has 0 N–H and O–H groups in total. The standard InChI is InChI=1S/C22H21N5O2/c1-15-23-21(25-29-15)17-6-4-7-18(13-17)22(28)27-11-9-26(10-12-27)20-14-16-5-2-3-8-19(16)24-20/h2-8,13H,9-12,14H2,1H3. The van der Waals surface area contributed by atoms with Crippen LogP contribution in [-0.2, 0) is 6.42 Å². The summed E-state index contributed by atoms with van der Waals surface area (Å²) in [5.41, 5.74) is 3.76. The zero-order valence-electron chi connectivity index (χ0n) is 16.2. The quantitative estimate of drug-likeness (QED) is 0.675. The lowest BCUT2D eigenvalue weighted by molar-refractivity contribution is 0.0691. The monoisotopic (exact) mass is 387 g/mol. The number of nitrogens with zero attached hydrogens (tertiary/aromatic N) is 5. The Morgan fingerprint density at radius 2 is 1.86 bits per heavy atom. The minimum absolute atomic E-state index is 0.0309. The fourth-order valence-corrected chi connectivity index (χ4v) is 3.86. The highest BCUT2D eigenvalue weighted by atomic mass is 16.5. The molecule has 1 aromatic heterocycles. The van der Waals surface area contributed by atoms with Gasteiger partial charge in [0.15, 0.2) is 0 Å². The number of hydrogen-bond acceptors (Lipinski definition) is 6. The maximum atomic E-state index is 13.0. The molecule has 7 nitrogen and oxygen atoms in total. The number of piperazine rings is 1. The molecule has 3 aromatic rings. The molecule has 146 valence electrons. The topological polar surface area (TPSA) is 74.8 Å². The molecule has 2 aliphatic rings. The van der Waals surface area contributed by atoms with Crippen LogP contribution in [0.1, 0.15) is 21.8 Å². The Balaban J connectivity index is 1.25.